The Labute approximate surface area is 103 Å². The fourth-order valence-electron chi connectivity index (χ4n) is 2.15. The van der Waals surface area contributed by atoms with Crippen molar-refractivity contribution in [2.45, 2.75) is 31.7 Å². The van der Waals surface area contributed by atoms with Gasteiger partial charge in [-0.1, -0.05) is 0 Å². The molecule has 1 heterocycles. The number of rotatable bonds is 7. The smallest absolute Gasteiger partial charge is 0.220 e. The molecule has 0 bridgehead atoms. The molecule has 0 radical (unpaired) electrons. The SMILES string of the molecule is COCC(CO)NC(=O)CCC1CCNCC1. The van der Waals surface area contributed by atoms with Gasteiger partial charge < -0.3 is 20.5 Å². The monoisotopic (exact) mass is 244 g/mol. The lowest BCUT2D eigenvalue weighted by atomic mass is 9.93. The van der Waals surface area contributed by atoms with Crippen molar-refractivity contribution in [2.75, 3.05) is 33.4 Å². The number of piperidine rings is 1. The number of nitrogens with one attached hydrogen (secondary N) is 2. The summed E-state index contributed by atoms with van der Waals surface area (Å²) < 4.78 is 4.91. The standard InChI is InChI=1S/C12H24N2O3/c1-17-9-11(8-15)14-12(16)3-2-10-4-6-13-7-5-10/h10-11,13,15H,2-9H2,1H3,(H,14,16). The third-order valence-electron chi connectivity index (χ3n) is 3.19. The van der Waals surface area contributed by atoms with Crippen LogP contribution in [0.5, 0.6) is 0 Å². The second-order valence-corrected chi connectivity index (χ2v) is 4.63. The van der Waals surface area contributed by atoms with E-state index in [2.05, 4.69) is 10.6 Å². The van der Waals surface area contributed by atoms with Crippen LogP contribution >= 0.6 is 0 Å². The molecule has 1 aliphatic rings. The molecule has 0 aromatic heterocycles. The lowest BCUT2D eigenvalue weighted by Crippen LogP contribution is -2.40. The zero-order chi connectivity index (χ0) is 12.5. The van der Waals surface area contributed by atoms with E-state index in [-0.39, 0.29) is 18.6 Å². The van der Waals surface area contributed by atoms with Gasteiger partial charge in [-0.15, -0.1) is 0 Å². The number of ether oxygens (including phenoxy) is 1. The molecule has 1 fully saturated rings. The van der Waals surface area contributed by atoms with Gasteiger partial charge in [0.15, 0.2) is 0 Å². The van der Waals surface area contributed by atoms with Gasteiger partial charge in [0.05, 0.1) is 19.3 Å². The molecule has 17 heavy (non-hydrogen) atoms. The van der Waals surface area contributed by atoms with Crippen LogP contribution in [-0.4, -0.2) is 50.5 Å². The van der Waals surface area contributed by atoms with Gasteiger partial charge in [0.25, 0.3) is 0 Å². The van der Waals surface area contributed by atoms with Crippen LogP contribution in [0.4, 0.5) is 0 Å². The average Bonchev–Trinajstić information content (AvgIpc) is 2.37. The van der Waals surface area contributed by atoms with E-state index in [1.807, 2.05) is 0 Å². The minimum absolute atomic E-state index is 0.0135. The Kier molecular flexibility index (Phi) is 7.16. The maximum Gasteiger partial charge on any atom is 0.220 e. The number of carbonyl (C=O) groups excluding carboxylic acids is 1. The maximum absolute atomic E-state index is 11.6. The minimum Gasteiger partial charge on any atom is -0.394 e. The molecule has 0 aromatic rings. The molecule has 100 valence electrons. The summed E-state index contributed by atoms with van der Waals surface area (Å²) in [7, 11) is 1.56. The van der Waals surface area contributed by atoms with Crippen molar-refractivity contribution in [3.63, 3.8) is 0 Å². The molecular formula is C12H24N2O3. The minimum atomic E-state index is -0.277. The Hall–Kier alpha value is -0.650. The Balaban J connectivity index is 2.14. The largest absolute Gasteiger partial charge is 0.394 e. The lowest BCUT2D eigenvalue weighted by Gasteiger charge is -2.22. The molecule has 1 amide bonds. The van der Waals surface area contributed by atoms with Gasteiger partial charge in [0.1, 0.15) is 0 Å². The fourth-order valence-corrected chi connectivity index (χ4v) is 2.15. The molecular weight excluding hydrogens is 220 g/mol. The van der Waals surface area contributed by atoms with Crippen LogP contribution in [0, 0.1) is 5.92 Å². The fraction of sp³-hybridized carbons (Fsp3) is 0.917. The quantitative estimate of drug-likeness (QED) is 0.584. The molecule has 3 N–H and O–H groups in total. The van der Waals surface area contributed by atoms with E-state index in [1.54, 1.807) is 7.11 Å². The highest BCUT2D eigenvalue weighted by Gasteiger charge is 2.16. The summed E-state index contributed by atoms with van der Waals surface area (Å²) in [5, 5.41) is 15.1. The number of aliphatic hydroxyl groups excluding tert-OH is 1. The Morgan fingerprint density at radius 1 is 1.53 bits per heavy atom. The summed E-state index contributed by atoms with van der Waals surface area (Å²) in [5.74, 6) is 0.677. The summed E-state index contributed by atoms with van der Waals surface area (Å²) in [4.78, 5) is 11.6. The van der Waals surface area contributed by atoms with Crippen molar-refractivity contribution in [2.24, 2.45) is 5.92 Å². The van der Waals surface area contributed by atoms with Crippen LogP contribution in [0.1, 0.15) is 25.7 Å². The summed E-state index contributed by atoms with van der Waals surface area (Å²) in [5.41, 5.74) is 0. The van der Waals surface area contributed by atoms with Gasteiger partial charge in [0.2, 0.25) is 5.91 Å². The van der Waals surface area contributed by atoms with Gasteiger partial charge in [-0.05, 0) is 38.3 Å². The first kappa shape index (κ1) is 14.4. The molecule has 0 aromatic carbocycles. The molecule has 1 aliphatic heterocycles. The normalized spacial score (nSPS) is 18.9. The predicted octanol–water partition coefficient (Wildman–Crippen LogP) is -0.110. The predicted molar refractivity (Wildman–Crippen MR) is 65.7 cm³/mol. The van der Waals surface area contributed by atoms with E-state index in [4.69, 9.17) is 9.84 Å². The summed E-state index contributed by atoms with van der Waals surface area (Å²) >= 11 is 0. The van der Waals surface area contributed by atoms with Gasteiger partial charge in [-0.3, -0.25) is 4.79 Å². The number of carbonyl (C=O) groups is 1. The van der Waals surface area contributed by atoms with Gasteiger partial charge in [-0.2, -0.15) is 0 Å². The molecule has 0 spiro atoms. The molecule has 0 saturated carbocycles. The topological polar surface area (TPSA) is 70.6 Å². The number of aliphatic hydroxyl groups is 1. The van der Waals surface area contributed by atoms with Crippen LogP contribution in [0.15, 0.2) is 0 Å². The third-order valence-corrected chi connectivity index (χ3v) is 3.19. The second-order valence-electron chi connectivity index (χ2n) is 4.63. The maximum atomic E-state index is 11.6. The van der Waals surface area contributed by atoms with Crippen molar-refractivity contribution >= 4 is 5.91 Å². The van der Waals surface area contributed by atoms with Crippen LogP contribution in [-0.2, 0) is 9.53 Å². The zero-order valence-corrected chi connectivity index (χ0v) is 10.6. The van der Waals surface area contributed by atoms with Crippen molar-refractivity contribution < 1.29 is 14.6 Å². The molecule has 1 rings (SSSR count). The lowest BCUT2D eigenvalue weighted by molar-refractivity contribution is -0.122. The van der Waals surface area contributed by atoms with E-state index >= 15 is 0 Å². The van der Waals surface area contributed by atoms with Crippen molar-refractivity contribution in [1.29, 1.82) is 0 Å². The van der Waals surface area contributed by atoms with Gasteiger partial charge in [0, 0.05) is 13.5 Å². The number of amides is 1. The Morgan fingerprint density at radius 3 is 2.82 bits per heavy atom. The molecule has 5 heteroatoms. The highest BCUT2D eigenvalue weighted by Crippen LogP contribution is 2.17. The third kappa shape index (κ3) is 6.00. The van der Waals surface area contributed by atoms with Crippen LogP contribution in [0.25, 0.3) is 0 Å². The van der Waals surface area contributed by atoms with E-state index in [9.17, 15) is 4.79 Å². The van der Waals surface area contributed by atoms with Crippen molar-refractivity contribution in [3.8, 4) is 0 Å². The van der Waals surface area contributed by atoms with Gasteiger partial charge in [-0.25, -0.2) is 0 Å². The summed E-state index contributed by atoms with van der Waals surface area (Å²) in [6.45, 7) is 2.41. The van der Waals surface area contributed by atoms with E-state index in [0.717, 1.165) is 32.4 Å². The molecule has 1 saturated heterocycles. The van der Waals surface area contributed by atoms with E-state index in [1.165, 1.54) is 0 Å². The van der Waals surface area contributed by atoms with Gasteiger partial charge >= 0.3 is 0 Å². The average molecular weight is 244 g/mol. The molecule has 0 aliphatic carbocycles. The number of hydrogen-bond donors (Lipinski definition) is 3. The zero-order valence-electron chi connectivity index (χ0n) is 10.6. The summed E-state index contributed by atoms with van der Waals surface area (Å²) in [6.07, 6.45) is 3.81. The summed E-state index contributed by atoms with van der Waals surface area (Å²) in [6, 6.07) is -0.277. The van der Waals surface area contributed by atoms with Crippen LogP contribution in [0.2, 0.25) is 0 Å². The number of methoxy groups -OCH3 is 1. The highest BCUT2D eigenvalue weighted by atomic mass is 16.5. The molecule has 1 atom stereocenters. The molecule has 5 nitrogen and oxygen atoms in total. The first-order valence-corrected chi connectivity index (χ1v) is 6.36. The molecule has 1 unspecified atom stereocenters. The Bertz CT molecular complexity index is 218. The van der Waals surface area contributed by atoms with Crippen LogP contribution in [0.3, 0.4) is 0 Å². The Morgan fingerprint density at radius 2 is 2.24 bits per heavy atom. The van der Waals surface area contributed by atoms with E-state index < -0.39 is 0 Å². The second kappa shape index (κ2) is 8.44. The van der Waals surface area contributed by atoms with Crippen LogP contribution < -0.4 is 10.6 Å². The van der Waals surface area contributed by atoms with E-state index in [0.29, 0.717) is 18.9 Å². The first-order valence-electron chi connectivity index (χ1n) is 6.36. The van der Waals surface area contributed by atoms with Crippen molar-refractivity contribution in [1.82, 2.24) is 10.6 Å². The highest BCUT2D eigenvalue weighted by molar-refractivity contribution is 5.76. The first-order chi connectivity index (χ1) is 8.26. The number of hydrogen-bond acceptors (Lipinski definition) is 4. The van der Waals surface area contributed by atoms with Crippen molar-refractivity contribution in [3.05, 3.63) is 0 Å².